The number of rotatable bonds is 8. The number of H-pyrrole nitrogens is 1. The number of nitrogens with one attached hydrogen (secondary N) is 2. The van der Waals surface area contributed by atoms with Gasteiger partial charge in [0.05, 0.1) is 24.9 Å². The van der Waals surface area contributed by atoms with Gasteiger partial charge in [0.1, 0.15) is 18.1 Å². The predicted octanol–water partition coefficient (Wildman–Crippen LogP) is -0.00880. The van der Waals surface area contributed by atoms with Crippen molar-refractivity contribution in [1.82, 2.24) is 14.6 Å². The molecule has 0 radical (unpaired) electrons. The summed E-state index contributed by atoms with van der Waals surface area (Å²) in [5, 5.41) is 12.4. The van der Waals surface area contributed by atoms with E-state index in [1.807, 2.05) is 0 Å². The normalized spacial score (nSPS) is 23.3. The highest BCUT2D eigenvalue weighted by Gasteiger charge is 2.39. The summed E-state index contributed by atoms with van der Waals surface area (Å²) in [6.45, 7) is 0.860. The number of aromatic nitrogens is 2. The van der Waals surface area contributed by atoms with Crippen LogP contribution in [0.25, 0.3) is 0 Å². The van der Waals surface area contributed by atoms with Crippen molar-refractivity contribution in [3.8, 4) is 5.75 Å². The highest BCUT2D eigenvalue weighted by Crippen LogP contribution is 2.45. The molecular weight excluding hydrogens is 450 g/mol. The monoisotopic (exact) mass is 472 g/mol. The zero-order chi connectivity index (χ0) is 23.5. The molecule has 1 aliphatic heterocycles. The summed E-state index contributed by atoms with van der Waals surface area (Å²) in [7, 11) is -4.29. The standard InChI is InChI=1S/C18H22FN4O8P/c1-10(20)16(25)22-32(28,31-11-5-3-2-4-6-11)29-9-14-13(24)7-15(30-14)23-8-12(19)17(26)21-18(23)27/h2-6,8,10,13-15,24H,7,9,20H2,1H3,(H,21,26,27)(H,22,25,28)/t10-,13-,14+,15+,32?/m0/s1. The first-order chi connectivity index (χ1) is 15.1. The maximum atomic E-state index is 13.6. The third-order valence-electron chi connectivity index (χ3n) is 4.48. The van der Waals surface area contributed by atoms with Crippen LogP contribution in [0, 0.1) is 5.82 Å². The van der Waals surface area contributed by atoms with Crippen LogP contribution in [0.4, 0.5) is 4.39 Å². The summed E-state index contributed by atoms with van der Waals surface area (Å²) >= 11 is 0. The van der Waals surface area contributed by atoms with E-state index in [-0.39, 0.29) is 12.2 Å². The Morgan fingerprint density at radius 3 is 2.78 bits per heavy atom. The maximum Gasteiger partial charge on any atom is 0.488 e. The Bertz CT molecular complexity index is 1120. The van der Waals surface area contributed by atoms with Crippen LogP contribution >= 0.6 is 7.75 Å². The molecule has 1 saturated heterocycles. The first-order valence-corrected chi connectivity index (χ1v) is 11.0. The minimum absolute atomic E-state index is 0.141. The fraction of sp³-hybridized carbons (Fsp3) is 0.389. The van der Waals surface area contributed by atoms with E-state index in [1.165, 1.54) is 19.1 Å². The second-order valence-corrected chi connectivity index (χ2v) is 8.70. The van der Waals surface area contributed by atoms with E-state index >= 15 is 0 Å². The Kier molecular flexibility index (Phi) is 7.26. The molecule has 1 amide bonds. The molecule has 0 spiro atoms. The van der Waals surface area contributed by atoms with Gasteiger partial charge in [-0.05, 0) is 19.1 Å². The quantitative estimate of drug-likeness (QED) is 0.385. The smallest absolute Gasteiger partial charge is 0.409 e. The summed E-state index contributed by atoms with van der Waals surface area (Å²) in [6, 6.07) is 6.89. The molecule has 32 heavy (non-hydrogen) atoms. The van der Waals surface area contributed by atoms with Gasteiger partial charge in [0.2, 0.25) is 11.7 Å². The van der Waals surface area contributed by atoms with E-state index < -0.39 is 61.8 Å². The van der Waals surface area contributed by atoms with E-state index in [9.17, 15) is 28.4 Å². The Labute approximate surface area is 180 Å². The number of halogens is 1. The lowest BCUT2D eigenvalue weighted by Gasteiger charge is -2.23. The summed E-state index contributed by atoms with van der Waals surface area (Å²) in [5.74, 6) is -1.87. The largest absolute Gasteiger partial charge is 0.488 e. The lowest BCUT2D eigenvalue weighted by molar-refractivity contribution is -0.120. The second-order valence-electron chi connectivity index (χ2n) is 7.04. The van der Waals surface area contributed by atoms with E-state index in [2.05, 4.69) is 5.09 Å². The van der Waals surface area contributed by atoms with Gasteiger partial charge in [0.15, 0.2) is 0 Å². The van der Waals surface area contributed by atoms with Gasteiger partial charge in [-0.3, -0.25) is 28.8 Å². The van der Waals surface area contributed by atoms with Crippen LogP contribution in [0.3, 0.4) is 0 Å². The molecule has 0 bridgehead atoms. The average Bonchev–Trinajstić information content (AvgIpc) is 3.10. The molecule has 5 N–H and O–H groups in total. The number of aromatic amines is 1. The van der Waals surface area contributed by atoms with E-state index in [1.54, 1.807) is 23.2 Å². The van der Waals surface area contributed by atoms with Crippen LogP contribution < -0.4 is 26.6 Å². The molecule has 12 nitrogen and oxygen atoms in total. The number of aliphatic hydroxyl groups is 1. The molecule has 14 heteroatoms. The molecule has 0 aliphatic carbocycles. The molecule has 1 aromatic heterocycles. The van der Waals surface area contributed by atoms with Gasteiger partial charge in [0.25, 0.3) is 5.56 Å². The van der Waals surface area contributed by atoms with Gasteiger partial charge in [0, 0.05) is 6.42 Å². The number of hydrogen-bond donors (Lipinski definition) is 4. The van der Waals surface area contributed by atoms with Gasteiger partial charge in [-0.25, -0.2) is 9.36 Å². The zero-order valence-corrected chi connectivity index (χ0v) is 17.7. The Morgan fingerprint density at radius 1 is 1.44 bits per heavy atom. The van der Waals surface area contributed by atoms with Crippen LogP contribution in [-0.4, -0.2) is 45.4 Å². The SMILES string of the molecule is C[C@H](N)C(=O)NP(=O)(OC[C@H]1O[C@@H](n2cc(F)c(=O)[nH]c2=O)C[C@@H]1O)Oc1ccccc1. The number of nitrogens with zero attached hydrogens (tertiary/aromatic N) is 1. The lowest BCUT2D eigenvalue weighted by Crippen LogP contribution is -2.38. The van der Waals surface area contributed by atoms with Gasteiger partial charge in [-0.1, -0.05) is 18.2 Å². The zero-order valence-electron chi connectivity index (χ0n) is 16.8. The third-order valence-corrected chi connectivity index (χ3v) is 5.91. The van der Waals surface area contributed by atoms with E-state index in [0.29, 0.717) is 6.20 Å². The minimum atomic E-state index is -4.29. The van der Waals surface area contributed by atoms with Crippen LogP contribution in [0.15, 0.2) is 46.1 Å². The third kappa shape index (κ3) is 5.69. The molecule has 174 valence electrons. The fourth-order valence-corrected chi connectivity index (χ4v) is 4.20. The van der Waals surface area contributed by atoms with Crippen molar-refractivity contribution in [1.29, 1.82) is 0 Å². The number of para-hydroxylation sites is 1. The number of nitrogens with two attached hydrogens (primary N) is 1. The Hall–Kier alpha value is -2.83. The number of amides is 1. The van der Waals surface area contributed by atoms with E-state index in [4.69, 9.17) is 19.5 Å². The summed E-state index contributed by atoms with van der Waals surface area (Å²) in [6.07, 6.45) is -2.91. The molecule has 2 heterocycles. The van der Waals surface area contributed by atoms with Crippen molar-refractivity contribution in [2.75, 3.05) is 6.61 Å². The van der Waals surface area contributed by atoms with Crippen LogP contribution in [0.5, 0.6) is 5.75 Å². The molecule has 1 unspecified atom stereocenters. The molecule has 0 saturated carbocycles. The van der Waals surface area contributed by atoms with Gasteiger partial charge < -0.3 is 20.1 Å². The lowest BCUT2D eigenvalue weighted by atomic mass is 10.2. The molecule has 1 aliphatic rings. The van der Waals surface area contributed by atoms with Crippen molar-refractivity contribution in [2.45, 2.75) is 37.8 Å². The highest BCUT2D eigenvalue weighted by atomic mass is 31.2. The highest BCUT2D eigenvalue weighted by molar-refractivity contribution is 7.52. The number of carbonyl (C=O) groups excluding carboxylic acids is 1. The second kappa shape index (κ2) is 9.76. The summed E-state index contributed by atoms with van der Waals surface area (Å²) in [5.41, 5.74) is 3.38. The van der Waals surface area contributed by atoms with Crippen LogP contribution in [0.1, 0.15) is 19.6 Å². The number of aliphatic hydroxyl groups excluding tert-OH is 1. The molecule has 3 rings (SSSR count). The van der Waals surface area contributed by atoms with Gasteiger partial charge >= 0.3 is 13.4 Å². The predicted molar refractivity (Wildman–Crippen MR) is 108 cm³/mol. The Balaban J connectivity index is 1.73. The Morgan fingerprint density at radius 2 is 2.12 bits per heavy atom. The molecular formula is C18H22FN4O8P. The first kappa shape index (κ1) is 23.8. The summed E-state index contributed by atoms with van der Waals surface area (Å²) in [4.78, 5) is 36.9. The maximum absolute atomic E-state index is 13.6. The molecule has 1 fully saturated rings. The number of hydrogen-bond acceptors (Lipinski definition) is 9. The van der Waals surface area contributed by atoms with Gasteiger partial charge in [-0.15, -0.1) is 0 Å². The van der Waals surface area contributed by atoms with Crippen molar-refractivity contribution in [3.05, 3.63) is 63.2 Å². The topological polar surface area (TPSA) is 175 Å². The number of carbonyl (C=O) groups is 1. The van der Waals surface area contributed by atoms with Crippen LogP contribution in [-0.2, 0) is 18.6 Å². The fourth-order valence-electron chi connectivity index (χ4n) is 2.82. The van der Waals surface area contributed by atoms with Crippen molar-refractivity contribution in [3.63, 3.8) is 0 Å². The summed E-state index contributed by atoms with van der Waals surface area (Å²) < 4.78 is 43.6. The first-order valence-electron chi connectivity index (χ1n) is 9.49. The van der Waals surface area contributed by atoms with Crippen molar-refractivity contribution >= 4 is 13.7 Å². The minimum Gasteiger partial charge on any atom is -0.409 e. The van der Waals surface area contributed by atoms with Crippen LogP contribution in [0.2, 0.25) is 0 Å². The van der Waals surface area contributed by atoms with Gasteiger partial charge in [-0.2, -0.15) is 4.39 Å². The number of ether oxygens (including phenoxy) is 1. The van der Waals surface area contributed by atoms with Crippen molar-refractivity contribution < 1.29 is 32.6 Å². The number of benzene rings is 1. The average molecular weight is 472 g/mol. The van der Waals surface area contributed by atoms with Crippen molar-refractivity contribution in [2.24, 2.45) is 5.73 Å². The molecule has 5 atom stereocenters. The van der Waals surface area contributed by atoms with E-state index in [0.717, 1.165) is 4.57 Å². The molecule has 2 aromatic rings. The molecule has 1 aromatic carbocycles.